The maximum Gasteiger partial charge on any atom is 0.272 e. The molecule has 4 rings (SSSR count). The summed E-state index contributed by atoms with van der Waals surface area (Å²) >= 11 is 0. The largest absolute Gasteiger partial charge is 0.494 e. The third-order valence-corrected chi connectivity index (χ3v) is 5.10. The molecular formula is C21H25N3O3. The van der Waals surface area contributed by atoms with Crippen molar-refractivity contribution in [2.24, 2.45) is 0 Å². The lowest BCUT2D eigenvalue weighted by Gasteiger charge is -2.47. The fraction of sp³-hybridized carbons (Fsp3) is 0.381. The predicted octanol–water partition coefficient (Wildman–Crippen LogP) is 3.24. The van der Waals surface area contributed by atoms with Crippen LogP contribution >= 0.6 is 0 Å². The van der Waals surface area contributed by atoms with Crippen LogP contribution in [0.3, 0.4) is 0 Å². The van der Waals surface area contributed by atoms with Gasteiger partial charge >= 0.3 is 0 Å². The molecule has 1 aromatic heterocycles. The molecule has 0 spiro atoms. The van der Waals surface area contributed by atoms with Crippen molar-refractivity contribution in [2.45, 2.75) is 38.9 Å². The van der Waals surface area contributed by atoms with Crippen LogP contribution < -0.4 is 10.2 Å². The van der Waals surface area contributed by atoms with Crippen molar-refractivity contribution < 1.29 is 13.9 Å². The van der Waals surface area contributed by atoms with E-state index >= 15 is 0 Å². The second kappa shape index (κ2) is 6.78. The average molecular weight is 367 g/mol. The van der Waals surface area contributed by atoms with Gasteiger partial charge in [0.25, 0.3) is 5.91 Å². The molecule has 142 valence electrons. The van der Waals surface area contributed by atoms with Crippen molar-refractivity contribution in [3.63, 3.8) is 0 Å². The first kappa shape index (κ1) is 17.7. The van der Waals surface area contributed by atoms with E-state index in [0.29, 0.717) is 25.4 Å². The zero-order valence-corrected chi connectivity index (χ0v) is 15.9. The lowest BCUT2D eigenvalue weighted by molar-refractivity contribution is -0.141. The van der Waals surface area contributed by atoms with E-state index in [-0.39, 0.29) is 17.5 Å². The molecule has 6 heteroatoms. The number of piperazine rings is 1. The summed E-state index contributed by atoms with van der Waals surface area (Å²) < 4.78 is 11.2. The van der Waals surface area contributed by atoms with Gasteiger partial charge in [-0.2, -0.15) is 0 Å². The number of amides is 1. The van der Waals surface area contributed by atoms with Crippen molar-refractivity contribution in [1.29, 1.82) is 0 Å². The second-order valence-electron chi connectivity index (χ2n) is 7.50. The fourth-order valence-electron chi connectivity index (χ4n) is 3.73. The van der Waals surface area contributed by atoms with E-state index in [0.717, 1.165) is 17.1 Å². The number of fused-ring (bicyclic) bond motifs is 1. The van der Waals surface area contributed by atoms with E-state index in [2.05, 4.69) is 19.3 Å². The molecule has 1 fully saturated rings. The van der Waals surface area contributed by atoms with Gasteiger partial charge in [-0.1, -0.05) is 18.2 Å². The van der Waals surface area contributed by atoms with Crippen molar-refractivity contribution in [3.05, 3.63) is 65.8 Å². The smallest absolute Gasteiger partial charge is 0.272 e. The monoisotopic (exact) mass is 367 g/mol. The van der Waals surface area contributed by atoms with Gasteiger partial charge in [0.15, 0.2) is 0 Å². The number of hydrazine groups is 1. The third kappa shape index (κ3) is 3.21. The molecule has 0 aliphatic carbocycles. The molecule has 0 bridgehead atoms. The first-order chi connectivity index (χ1) is 13.0. The maximum atomic E-state index is 13.3. The highest BCUT2D eigenvalue weighted by molar-refractivity contribution is 5.94. The minimum atomic E-state index is -0.335. The number of hydrogen-bond donors (Lipinski definition) is 1. The van der Waals surface area contributed by atoms with Crippen LogP contribution in [0.25, 0.3) is 0 Å². The molecule has 2 aliphatic heterocycles. The van der Waals surface area contributed by atoms with Gasteiger partial charge in [-0.25, -0.2) is 5.43 Å². The summed E-state index contributed by atoms with van der Waals surface area (Å²) in [6, 6.07) is 11.6. The molecule has 0 radical (unpaired) electrons. The summed E-state index contributed by atoms with van der Waals surface area (Å²) in [6.07, 6.45) is 3.59. The Morgan fingerprint density at radius 3 is 2.81 bits per heavy atom. The van der Waals surface area contributed by atoms with E-state index in [1.54, 1.807) is 6.26 Å². The van der Waals surface area contributed by atoms with E-state index in [1.807, 2.05) is 59.3 Å². The molecule has 1 aromatic carbocycles. The number of benzene rings is 1. The van der Waals surface area contributed by atoms with Gasteiger partial charge in [-0.15, -0.1) is 0 Å². The van der Waals surface area contributed by atoms with Gasteiger partial charge in [0.1, 0.15) is 23.2 Å². The highest BCUT2D eigenvalue weighted by Crippen LogP contribution is 2.35. The Labute approximate surface area is 159 Å². The van der Waals surface area contributed by atoms with E-state index in [4.69, 9.17) is 9.15 Å². The van der Waals surface area contributed by atoms with Crippen molar-refractivity contribution >= 4 is 5.91 Å². The number of nitrogens with one attached hydrogen (secondary N) is 1. The highest BCUT2D eigenvalue weighted by Gasteiger charge is 2.45. The minimum absolute atomic E-state index is 0.0131. The lowest BCUT2D eigenvalue weighted by Crippen LogP contribution is -2.61. The van der Waals surface area contributed by atoms with Gasteiger partial charge in [-0.3, -0.25) is 4.79 Å². The summed E-state index contributed by atoms with van der Waals surface area (Å²) in [5, 5.41) is 1.94. The van der Waals surface area contributed by atoms with Crippen LogP contribution in [0.2, 0.25) is 0 Å². The number of carbonyl (C=O) groups is 1. The number of hydrogen-bond acceptors (Lipinski definition) is 5. The summed E-state index contributed by atoms with van der Waals surface area (Å²) in [5.41, 5.74) is 4.73. The molecule has 2 aromatic rings. The quantitative estimate of drug-likeness (QED) is 0.879. The number of ether oxygens (including phenoxy) is 1. The van der Waals surface area contributed by atoms with Crippen LogP contribution in [0.4, 0.5) is 0 Å². The lowest BCUT2D eigenvalue weighted by atomic mass is 9.97. The molecule has 0 saturated carbocycles. The van der Waals surface area contributed by atoms with Crippen molar-refractivity contribution in [1.82, 2.24) is 15.3 Å². The maximum absolute atomic E-state index is 13.3. The highest BCUT2D eigenvalue weighted by atomic mass is 16.5. The van der Waals surface area contributed by atoms with E-state index in [9.17, 15) is 4.79 Å². The Morgan fingerprint density at radius 2 is 2.07 bits per heavy atom. The van der Waals surface area contributed by atoms with Crippen LogP contribution in [0.1, 0.15) is 38.1 Å². The Balaban J connectivity index is 1.62. The second-order valence-corrected chi connectivity index (χ2v) is 7.50. The summed E-state index contributed by atoms with van der Waals surface area (Å²) in [6.45, 7) is 7.95. The van der Waals surface area contributed by atoms with Gasteiger partial charge in [-0.05, 0) is 45.0 Å². The normalized spacial score (nSPS) is 21.2. The molecule has 1 unspecified atom stereocenters. The van der Waals surface area contributed by atoms with Crippen LogP contribution in [0.5, 0.6) is 5.75 Å². The van der Waals surface area contributed by atoms with E-state index < -0.39 is 0 Å². The number of rotatable bonds is 5. The molecule has 2 aliphatic rings. The molecule has 3 heterocycles. The molecule has 27 heavy (non-hydrogen) atoms. The standard InChI is InChI=1S/C21H25N3O3/c1-4-26-18-9-6-5-8-15(18)13-23-20(25)17-12-16(19-10-7-11-27-19)22-24(17)14-21(23,2)3/h5-12,16,22H,4,13-14H2,1-3H3. The molecule has 1 atom stereocenters. The Hall–Kier alpha value is -2.73. The Bertz CT molecular complexity index is 857. The first-order valence-electron chi connectivity index (χ1n) is 9.31. The van der Waals surface area contributed by atoms with Gasteiger partial charge in [0.2, 0.25) is 0 Å². The molecule has 1 amide bonds. The van der Waals surface area contributed by atoms with Crippen molar-refractivity contribution in [3.8, 4) is 5.75 Å². The zero-order valence-electron chi connectivity index (χ0n) is 15.9. The van der Waals surface area contributed by atoms with Crippen LogP contribution in [0.15, 0.2) is 58.9 Å². The van der Waals surface area contributed by atoms with Crippen LogP contribution in [0, 0.1) is 0 Å². The zero-order chi connectivity index (χ0) is 19.0. The van der Waals surface area contributed by atoms with Crippen LogP contribution in [-0.4, -0.2) is 34.5 Å². The minimum Gasteiger partial charge on any atom is -0.494 e. The summed E-state index contributed by atoms with van der Waals surface area (Å²) in [5.74, 6) is 1.65. The third-order valence-electron chi connectivity index (χ3n) is 5.10. The van der Waals surface area contributed by atoms with Gasteiger partial charge < -0.3 is 19.1 Å². The van der Waals surface area contributed by atoms with Crippen molar-refractivity contribution in [2.75, 3.05) is 13.2 Å². The summed E-state index contributed by atoms with van der Waals surface area (Å²) in [4.78, 5) is 15.2. The number of furan rings is 1. The number of para-hydroxylation sites is 1. The Morgan fingerprint density at radius 1 is 1.26 bits per heavy atom. The Kier molecular flexibility index (Phi) is 4.44. The molecular weight excluding hydrogens is 342 g/mol. The van der Waals surface area contributed by atoms with E-state index in [1.165, 1.54) is 0 Å². The summed E-state index contributed by atoms with van der Waals surface area (Å²) in [7, 11) is 0. The SMILES string of the molecule is CCOc1ccccc1CN1C(=O)C2=CC(c3ccco3)NN2CC1(C)C. The fourth-order valence-corrected chi connectivity index (χ4v) is 3.73. The molecule has 1 N–H and O–H groups in total. The average Bonchev–Trinajstić information content (AvgIpc) is 3.29. The predicted molar refractivity (Wildman–Crippen MR) is 102 cm³/mol. The number of nitrogens with zero attached hydrogens (tertiary/aromatic N) is 2. The first-order valence-corrected chi connectivity index (χ1v) is 9.31. The number of carbonyl (C=O) groups excluding carboxylic acids is 1. The topological polar surface area (TPSA) is 58.0 Å². The van der Waals surface area contributed by atoms with Crippen LogP contribution in [-0.2, 0) is 11.3 Å². The van der Waals surface area contributed by atoms with Gasteiger partial charge in [0.05, 0.1) is 31.5 Å². The van der Waals surface area contributed by atoms with Gasteiger partial charge in [0, 0.05) is 5.56 Å². The molecule has 6 nitrogen and oxygen atoms in total. The molecule has 1 saturated heterocycles.